The summed E-state index contributed by atoms with van der Waals surface area (Å²) in [5.74, 6) is 3.51. The second-order valence-electron chi connectivity index (χ2n) is 8.63. The number of aromatic nitrogens is 7. The summed E-state index contributed by atoms with van der Waals surface area (Å²) in [6.45, 7) is 4.12. The Morgan fingerprint density at radius 2 is 2.13 bits per heavy atom. The Kier molecular flexibility index (Phi) is 4.22. The topological polar surface area (TPSA) is 98.1 Å². The van der Waals surface area contributed by atoms with Crippen LogP contribution in [-0.4, -0.2) is 47.8 Å². The van der Waals surface area contributed by atoms with E-state index in [0.29, 0.717) is 17.5 Å². The Hall–Kier alpha value is -3.36. The van der Waals surface area contributed by atoms with Gasteiger partial charge in [-0.2, -0.15) is 19.6 Å². The summed E-state index contributed by atoms with van der Waals surface area (Å²) in [6.07, 6.45) is 10.4. The predicted molar refractivity (Wildman–Crippen MR) is 114 cm³/mol. The minimum Gasteiger partial charge on any atom is -0.356 e. The van der Waals surface area contributed by atoms with Crippen molar-refractivity contribution in [3.8, 4) is 11.4 Å². The van der Waals surface area contributed by atoms with Gasteiger partial charge in [-0.3, -0.25) is 4.98 Å². The van der Waals surface area contributed by atoms with Crippen LogP contribution in [0.4, 0.5) is 5.82 Å². The van der Waals surface area contributed by atoms with Crippen LogP contribution in [0.1, 0.15) is 50.1 Å². The van der Waals surface area contributed by atoms with Crippen LogP contribution in [0, 0.1) is 5.41 Å². The molecule has 1 unspecified atom stereocenters. The molecule has 158 valence electrons. The average molecular weight is 416 g/mol. The Morgan fingerprint density at radius 3 is 2.94 bits per heavy atom. The molecule has 0 bridgehead atoms. The maximum atomic E-state index is 5.64. The molecule has 1 aliphatic carbocycles. The lowest BCUT2D eigenvalue weighted by atomic mass is 9.90. The molecule has 0 aromatic carbocycles. The third-order valence-corrected chi connectivity index (χ3v) is 6.72. The van der Waals surface area contributed by atoms with E-state index in [-0.39, 0.29) is 5.41 Å². The highest BCUT2D eigenvalue weighted by Gasteiger charge is 2.58. The summed E-state index contributed by atoms with van der Waals surface area (Å²) in [7, 11) is 0. The molecule has 4 aromatic heterocycles. The van der Waals surface area contributed by atoms with Gasteiger partial charge in [0.05, 0.1) is 0 Å². The lowest BCUT2D eigenvalue weighted by Crippen LogP contribution is -2.36. The largest absolute Gasteiger partial charge is 0.356 e. The normalized spacial score (nSPS) is 19.9. The standard InChI is InChI=1S/C22H24N8O/c1-2-4-16-11-18(30-21(26-16)24-14-25-30)29-9-6-22(7-10-29)12-17(22)20-27-19(28-31-20)15-5-3-8-23-13-15/h3,5,8,11,13-14,17H,2,4,6-7,9-10,12H2,1H3. The van der Waals surface area contributed by atoms with E-state index in [2.05, 4.69) is 48.1 Å². The van der Waals surface area contributed by atoms with Crippen molar-refractivity contribution < 1.29 is 4.52 Å². The van der Waals surface area contributed by atoms with Crippen LogP contribution >= 0.6 is 0 Å². The van der Waals surface area contributed by atoms with Crippen LogP contribution in [0.25, 0.3) is 17.2 Å². The minimum absolute atomic E-state index is 0.274. The lowest BCUT2D eigenvalue weighted by Gasteiger charge is -2.34. The number of nitrogens with zero attached hydrogens (tertiary/aromatic N) is 8. The molecule has 1 aliphatic heterocycles. The SMILES string of the molecule is CCCc1cc(N2CCC3(CC2)CC3c2nc(-c3cccnc3)no2)n2ncnc2n1. The van der Waals surface area contributed by atoms with Crippen molar-refractivity contribution in [2.75, 3.05) is 18.0 Å². The summed E-state index contributed by atoms with van der Waals surface area (Å²) in [4.78, 5) is 20.2. The summed E-state index contributed by atoms with van der Waals surface area (Å²) < 4.78 is 7.50. The van der Waals surface area contributed by atoms with E-state index in [1.54, 1.807) is 18.7 Å². The minimum atomic E-state index is 0.274. The number of anilines is 1. The van der Waals surface area contributed by atoms with E-state index < -0.39 is 0 Å². The van der Waals surface area contributed by atoms with Gasteiger partial charge in [-0.05, 0) is 43.2 Å². The Balaban J connectivity index is 1.18. The molecule has 6 rings (SSSR count). The maximum absolute atomic E-state index is 5.64. The lowest BCUT2D eigenvalue weighted by molar-refractivity contribution is 0.325. The number of hydrogen-bond donors (Lipinski definition) is 0. The van der Waals surface area contributed by atoms with Crippen LogP contribution in [0.2, 0.25) is 0 Å². The van der Waals surface area contributed by atoms with Gasteiger partial charge in [-0.25, -0.2) is 4.98 Å². The second kappa shape index (κ2) is 7.11. The van der Waals surface area contributed by atoms with E-state index in [1.165, 1.54) is 0 Å². The first-order chi connectivity index (χ1) is 15.3. The van der Waals surface area contributed by atoms with Crippen molar-refractivity contribution in [1.29, 1.82) is 0 Å². The molecule has 0 amide bonds. The molecule has 31 heavy (non-hydrogen) atoms. The number of hydrogen-bond acceptors (Lipinski definition) is 8. The third kappa shape index (κ3) is 3.15. The van der Waals surface area contributed by atoms with E-state index in [4.69, 9.17) is 4.52 Å². The number of rotatable bonds is 5. The van der Waals surface area contributed by atoms with Gasteiger partial charge in [0.15, 0.2) is 0 Å². The van der Waals surface area contributed by atoms with E-state index in [1.807, 2.05) is 16.6 Å². The van der Waals surface area contributed by atoms with Gasteiger partial charge in [0.1, 0.15) is 12.1 Å². The van der Waals surface area contributed by atoms with Crippen LogP contribution in [0.3, 0.4) is 0 Å². The summed E-state index contributed by atoms with van der Waals surface area (Å²) in [5.41, 5.74) is 2.24. The maximum Gasteiger partial charge on any atom is 0.254 e. The van der Waals surface area contributed by atoms with Crippen LogP contribution in [0.15, 0.2) is 41.4 Å². The van der Waals surface area contributed by atoms with Gasteiger partial charge in [-0.1, -0.05) is 18.5 Å². The molecule has 0 N–H and O–H groups in total. The van der Waals surface area contributed by atoms with Crippen LogP contribution in [-0.2, 0) is 6.42 Å². The van der Waals surface area contributed by atoms with Crippen molar-refractivity contribution in [2.45, 2.75) is 44.9 Å². The Morgan fingerprint density at radius 1 is 1.23 bits per heavy atom. The second-order valence-corrected chi connectivity index (χ2v) is 8.63. The molecule has 1 saturated carbocycles. The summed E-state index contributed by atoms with van der Waals surface area (Å²) in [5, 5.41) is 8.59. The molecule has 4 aromatic rings. The molecule has 9 nitrogen and oxygen atoms in total. The average Bonchev–Trinajstić information content (AvgIpc) is 3.16. The van der Waals surface area contributed by atoms with Crippen molar-refractivity contribution in [3.05, 3.63) is 48.5 Å². The van der Waals surface area contributed by atoms with E-state index in [0.717, 1.165) is 68.2 Å². The number of pyridine rings is 1. The molecular weight excluding hydrogens is 392 g/mol. The van der Waals surface area contributed by atoms with E-state index in [9.17, 15) is 0 Å². The zero-order chi connectivity index (χ0) is 20.8. The zero-order valence-electron chi connectivity index (χ0n) is 17.5. The molecule has 1 spiro atoms. The van der Waals surface area contributed by atoms with Gasteiger partial charge >= 0.3 is 0 Å². The Labute approximate surface area is 179 Å². The van der Waals surface area contributed by atoms with Gasteiger partial charge in [-0.15, -0.1) is 0 Å². The smallest absolute Gasteiger partial charge is 0.254 e. The zero-order valence-corrected chi connectivity index (χ0v) is 17.5. The van der Waals surface area contributed by atoms with Crippen LogP contribution in [0.5, 0.6) is 0 Å². The molecule has 2 aliphatic rings. The molecule has 1 saturated heterocycles. The molecular formula is C22H24N8O. The summed E-state index contributed by atoms with van der Waals surface area (Å²) >= 11 is 0. The number of piperidine rings is 1. The van der Waals surface area contributed by atoms with Gasteiger partial charge in [0.25, 0.3) is 5.78 Å². The monoisotopic (exact) mass is 416 g/mol. The van der Waals surface area contributed by atoms with Gasteiger partial charge in [0, 0.05) is 48.7 Å². The number of fused-ring (bicyclic) bond motifs is 1. The van der Waals surface area contributed by atoms with Crippen molar-refractivity contribution in [2.24, 2.45) is 5.41 Å². The first kappa shape index (κ1) is 18.4. The van der Waals surface area contributed by atoms with Crippen LogP contribution < -0.4 is 4.90 Å². The third-order valence-electron chi connectivity index (χ3n) is 6.72. The van der Waals surface area contributed by atoms with Gasteiger partial charge < -0.3 is 9.42 Å². The fourth-order valence-electron chi connectivity index (χ4n) is 4.87. The van der Waals surface area contributed by atoms with Crippen molar-refractivity contribution in [1.82, 2.24) is 34.7 Å². The molecule has 2 fully saturated rings. The first-order valence-electron chi connectivity index (χ1n) is 10.9. The summed E-state index contributed by atoms with van der Waals surface area (Å²) in [6, 6.07) is 6.01. The molecule has 5 heterocycles. The van der Waals surface area contributed by atoms with E-state index >= 15 is 0 Å². The highest BCUT2D eigenvalue weighted by molar-refractivity contribution is 5.52. The first-order valence-corrected chi connectivity index (χ1v) is 10.9. The van der Waals surface area contributed by atoms with Crippen molar-refractivity contribution in [3.63, 3.8) is 0 Å². The predicted octanol–water partition coefficient (Wildman–Crippen LogP) is 3.30. The number of aryl methyl sites for hydroxylation is 1. The highest BCUT2D eigenvalue weighted by atomic mass is 16.5. The fraction of sp³-hybridized carbons (Fsp3) is 0.455. The fourth-order valence-corrected chi connectivity index (χ4v) is 4.87. The van der Waals surface area contributed by atoms with Crippen molar-refractivity contribution >= 4 is 11.6 Å². The molecule has 0 radical (unpaired) electrons. The molecule has 1 atom stereocenters. The highest BCUT2D eigenvalue weighted by Crippen LogP contribution is 2.64. The Bertz CT molecular complexity index is 1210. The van der Waals surface area contributed by atoms with Gasteiger partial charge in [0.2, 0.25) is 11.7 Å². The molecule has 9 heteroatoms. The quantitative estimate of drug-likeness (QED) is 0.489.